The van der Waals surface area contributed by atoms with Gasteiger partial charge in [0.15, 0.2) is 0 Å². The summed E-state index contributed by atoms with van der Waals surface area (Å²) in [7, 11) is 0. The Bertz CT molecular complexity index is 773. The van der Waals surface area contributed by atoms with Crippen molar-refractivity contribution in [2.24, 2.45) is 11.7 Å². The lowest BCUT2D eigenvalue weighted by Gasteiger charge is -2.37. The zero-order valence-electron chi connectivity index (χ0n) is 16.9. The number of aromatic nitrogens is 2. The molecule has 1 fully saturated rings. The SMILES string of the molecule is CC(C)c1nccn1Cc1cccc(NC(=O)C2CCCCC2(C)N)c1.Cl.Cl. The van der Waals surface area contributed by atoms with Crippen LogP contribution in [0.2, 0.25) is 0 Å². The number of anilines is 1. The van der Waals surface area contributed by atoms with Gasteiger partial charge in [-0.05, 0) is 37.5 Å². The van der Waals surface area contributed by atoms with Crippen molar-refractivity contribution in [2.45, 2.75) is 64.5 Å². The van der Waals surface area contributed by atoms with Gasteiger partial charge in [0.05, 0.1) is 5.92 Å². The topological polar surface area (TPSA) is 72.9 Å². The number of hydrogen-bond acceptors (Lipinski definition) is 3. The molecule has 1 heterocycles. The molecule has 156 valence electrons. The predicted octanol–water partition coefficient (Wildman–Crippen LogP) is 4.74. The minimum absolute atomic E-state index is 0. The molecule has 1 aliphatic carbocycles. The number of rotatable bonds is 5. The van der Waals surface area contributed by atoms with E-state index in [2.05, 4.69) is 34.8 Å². The van der Waals surface area contributed by atoms with E-state index in [1.54, 1.807) is 0 Å². The van der Waals surface area contributed by atoms with E-state index in [4.69, 9.17) is 5.73 Å². The van der Waals surface area contributed by atoms with Gasteiger partial charge < -0.3 is 15.6 Å². The van der Waals surface area contributed by atoms with E-state index in [1.807, 2.05) is 37.5 Å². The summed E-state index contributed by atoms with van der Waals surface area (Å²) < 4.78 is 2.16. The quantitative estimate of drug-likeness (QED) is 0.724. The Morgan fingerprint density at radius 1 is 1.36 bits per heavy atom. The number of hydrogen-bond donors (Lipinski definition) is 2. The van der Waals surface area contributed by atoms with Crippen LogP contribution >= 0.6 is 24.8 Å². The first-order valence-corrected chi connectivity index (χ1v) is 9.56. The second-order valence-electron chi connectivity index (χ2n) is 8.06. The van der Waals surface area contributed by atoms with E-state index in [9.17, 15) is 4.79 Å². The molecule has 7 heteroatoms. The first kappa shape index (κ1) is 24.5. The van der Waals surface area contributed by atoms with Crippen LogP contribution in [-0.2, 0) is 11.3 Å². The van der Waals surface area contributed by atoms with Crippen LogP contribution in [-0.4, -0.2) is 21.0 Å². The molecule has 1 saturated carbocycles. The number of nitrogens with two attached hydrogens (primary N) is 1. The molecule has 1 aromatic carbocycles. The number of benzene rings is 1. The second-order valence-corrected chi connectivity index (χ2v) is 8.06. The normalized spacial score (nSPS) is 21.5. The molecule has 0 aliphatic heterocycles. The average molecular weight is 427 g/mol. The lowest BCUT2D eigenvalue weighted by molar-refractivity contribution is -0.122. The van der Waals surface area contributed by atoms with Crippen LogP contribution in [0.5, 0.6) is 0 Å². The summed E-state index contributed by atoms with van der Waals surface area (Å²) >= 11 is 0. The second kappa shape index (κ2) is 10.3. The van der Waals surface area contributed by atoms with E-state index >= 15 is 0 Å². The Morgan fingerprint density at radius 2 is 2.11 bits per heavy atom. The van der Waals surface area contributed by atoms with Gasteiger partial charge in [0.1, 0.15) is 5.82 Å². The van der Waals surface area contributed by atoms with Crippen molar-refractivity contribution < 1.29 is 4.79 Å². The maximum atomic E-state index is 12.7. The number of amides is 1. The number of halogens is 2. The summed E-state index contributed by atoms with van der Waals surface area (Å²) in [5.41, 5.74) is 7.93. The molecular formula is C21H32Cl2N4O. The fourth-order valence-corrected chi connectivity index (χ4v) is 3.92. The number of nitrogens with zero attached hydrogens (tertiary/aromatic N) is 2. The monoisotopic (exact) mass is 426 g/mol. The van der Waals surface area contributed by atoms with Gasteiger partial charge in [0.25, 0.3) is 0 Å². The average Bonchev–Trinajstić information content (AvgIpc) is 3.03. The zero-order valence-corrected chi connectivity index (χ0v) is 18.5. The summed E-state index contributed by atoms with van der Waals surface area (Å²) in [6, 6.07) is 8.04. The highest BCUT2D eigenvalue weighted by molar-refractivity contribution is 5.93. The number of nitrogens with one attached hydrogen (secondary N) is 1. The van der Waals surface area contributed by atoms with Gasteiger partial charge in [-0.25, -0.2) is 4.98 Å². The molecule has 1 amide bonds. The molecule has 5 nitrogen and oxygen atoms in total. The van der Waals surface area contributed by atoms with Gasteiger partial charge in [-0.15, -0.1) is 24.8 Å². The van der Waals surface area contributed by atoms with Crippen LogP contribution in [0, 0.1) is 5.92 Å². The number of imidazole rings is 1. The fraction of sp³-hybridized carbons (Fsp3) is 0.524. The lowest BCUT2D eigenvalue weighted by atomic mass is 9.74. The highest BCUT2D eigenvalue weighted by Crippen LogP contribution is 2.32. The largest absolute Gasteiger partial charge is 0.330 e. The van der Waals surface area contributed by atoms with Crippen molar-refractivity contribution in [3.8, 4) is 0 Å². The Morgan fingerprint density at radius 3 is 2.79 bits per heavy atom. The lowest BCUT2D eigenvalue weighted by Crippen LogP contribution is -2.51. The van der Waals surface area contributed by atoms with Crippen LogP contribution < -0.4 is 11.1 Å². The molecule has 3 rings (SSSR count). The molecule has 2 aromatic rings. The highest BCUT2D eigenvalue weighted by Gasteiger charge is 2.37. The van der Waals surface area contributed by atoms with Crippen LogP contribution in [0.4, 0.5) is 5.69 Å². The molecule has 0 radical (unpaired) electrons. The summed E-state index contributed by atoms with van der Waals surface area (Å²) in [5.74, 6) is 1.36. The molecule has 1 aliphatic rings. The summed E-state index contributed by atoms with van der Waals surface area (Å²) in [6.45, 7) is 7.03. The molecular weight excluding hydrogens is 395 g/mol. The fourth-order valence-electron chi connectivity index (χ4n) is 3.92. The van der Waals surface area contributed by atoms with E-state index in [0.717, 1.165) is 49.3 Å². The van der Waals surface area contributed by atoms with E-state index < -0.39 is 5.54 Å². The van der Waals surface area contributed by atoms with Crippen molar-refractivity contribution >= 4 is 36.4 Å². The minimum Gasteiger partial charge on any atom is -0.330 e. The Kier molecular flexibility index (Phi) is 8.99. The first-order chi connectivity index (χ1) is 12.4. The molecule has 2 unspecified atom stereocenters. The van der Waals surface area contributed by atoms with Gasteiger partial charge in [-0.1, -0.05) is 38.8 Å². The van der Waals surface area contributed by atoms with Crippen molar-refractivity contribution in [2.75, 3.05) is 5.32 Å². The van der Waals surface area contributed by atoms with E-state index in [0.29, 0.717) is 5.92 Å². The first-order valence-electron chi connectivity index (χ1n) is 9.56. The Balaban J connectivity index is 0.00000196. The molecule has 0 spiro atoms. The Labute approximate surface area is 180 Å². The van der Waals surface area contributed by atoms with Gasteiger partial charge >= 0.3 is 0 Å². The van der Waals surface area contributed by atoms with Crippen LogP contribution in [0.15, 0.2) is 36.7 Å². The summed E-state index contributed by atoms with van der Waals surface area (Å²) in [4.78, 5) is 17.2. The number of carbonyl (C=O) groups excluding carboxylic acids is 1. The van der Waals surface area contributed by atoms with Crippen molar-refractivity contribution in [3.63, 3.8) is 0 Å². The van der Waals surface area contributed by atoms with Gasteiger partial charge in [-0.3, -0.25) is 4.79 Å². The highest BCUT2D eigenvalue weighted by atomic mass is 35.5. The molecule has 0 saturated heterocycles. The third kappa shape index (κ3) is 5.72. The van der Waals surface area contributed by atoms with Gasteiger partial charge in [-0.2, -0.15) is 0 Å². The third-order valence-electron chi connectivity index (χ3n) is 5.38. The molecule has 1 aromatic heterocycles. The molecule has 3 N–H and O–H groups in total. The third-order valence-corrected chi connectivity index (χ3v) is 5.38. The van der Waals surface area contributed by atoms with Crippen molar-refractivity contribution in [1.29, 1.82) is 0 Å². The molecule has 2 atom stereocenters. The molecule has 0 bridgehead atoms. The maximum absolute atomic E-state index is 12.7. The van der Waals surface area contributed by atoms with Crippen LogP contribution in [0.1, 0.15) is 63.8 Å². The Hall–Kier alpha value is -1.56. The predicted molar refractivity (Wildman–Crippen MR) is 120 cm³/mol. The van der Waals surface area contributed by atoms with Gasteiger partial charge in [0, 0.05) is 36.1 Å². The van der Waals surface area contributed by atoms with Crippen LogP contribution in [0.25, 0.3) is 0 Å². The summed E-state index contributed by atoms with van der Waals surface area (Å²) in [5, 5.41) is 3.08. The smallest absolute Gasteiger partial charge is 0.229 e. The number of carbonyl (C=O) groups is 1. The van der Waals surface area contributed by atoms with E-state index in [1.165, 1.54) is 0 Å². The van der Waals surface area contributed by atoms with Crippen molar-refractivity contribution in [3.05, 3.63) is 48.0 Å². The van der Waals surface area contributed by atoms with Gasteiger partial charge in [0.2, 0.25) is 5.91 Å². The van der Waals surface area contributed by atoms with E-state index in [-0.39, 0.29) is 36.6 Å². The maximum Gasteiger partial charge on any atom is 0.229 e. The standard InChI is InChI=1S/C21H30N4O.2ClH/c1-15(2)19-23-11-12-25(19)14-16-7-6-8-17(13-16)24-20(26)18-9-4-5-10-21(18,3)22;;/h6-8,11-13,15,18H,4-5,9-10,14,22H2,1-3H3,(H,24,26);2*1H. The minimum atomic E-state index is -0.414. The van der Waals surface area contributed by atoms with Crippen molar-refractivity contribution in [1.82, 2.24) is 9.55 Å². The zero-order chi connectivity index (χ0) is 18.7. The van der Waals surface area contributed by atoms with Crippen LogP contribution in [0.3, 0.4) is 0 Å². The summed E-state index contributed by atoms with van der Waals surface area (Å²) in [6.07, 6.45) is 7.79. The molecule has 28 heavy (non-hydrogen) atoms.